The van der Waals surface area contributed by atoms with Crippen molar-refractivity contribution in [3.05, 3.63) is 0 Å². The topological polar surface area (TPSA) is 53.5 Å². The van der Waals surface area contributed by atoms with Gasteiger partial charge in [-0.3, -0.25) is 9.79 Å². The van der Waals surface area contributed by atoms with Gasteiger partial charge in [0.2, 0.25) is 5.91 Å². The quantitative estimate of drug-likeness (QED) is 0.838. The molecule has 1 spiro atoms. The largest absolute Gasteiger partial charge is 0.359 e. The Morgan fingerprint density at radius 3 is 2.85 bits per heavy atom. The van der Waals surface area contributed by atoms with Crippen LogP contribution < -0.4 is 10.6 Å². The van der Waals surface area contributed by atoms with Crippen molar-refractivity contribution in [3.63, 3.8) is 0 Å². The summed E-state index contributed by atoms with van der Waals surface area (Å²) >= 11 is 1.77. The molecule has 1 aliphatic heterocycles. The number of nitrogens with zero attached hydrogens (tertiary/aromatic N) is 1. The van der Waals surface area contributed by atoms with Crippen LogP contribution in [0, 0.1) is 11.8 Å². The molecule has 1 amide bonds. The lowest BCUT2D eigenvalue weighted by molar-refractivity contribution is -0.119. The Morgan fingerprint density at radius 1 is 1.50 bits per heavy atom. The molecule has 0 aromatic rings. The summed E-state index contributed by atoms with van der Waals surface area (Å²) in [5.74, 6) is 2.46. The first-order chi connectivity index (χ1) is 9.49. The molecule has 1 aliphatic carbocycles. The Labute approximate surface area is 126 Å². The first kappa shape index (κ1) is 15.7. The number of carbonyl (C=O) groups is 1. The Morgan fingerprint density at radius 2 is 2.20 bits per heavy atom. The van der Waals surface area contributed by atoms with Crippen molar-refractivity contribution in [1.29, 1.82) is 0 Å². The van der Waals surface area contributed by atoms with Gasteiger partial charge >= 0.3 is 0 Å². The number of carbonyl (C=O) groups excluding carboxylic acids is 1. The molecule has 114 valence electrons. The van der Waals surface area contributed by atoms with E-state index >= 15 is 0 Å². The van der Waals surface area contributed by atoms with E-state index in [2.05, 4.69) is 36.4 Å². The van der Waals surface area contributed by atoms with Crippen molar-refractivity contribution < 1.29 is 4.79 Å². The Hall–Kier alpha value is -0.710. The van der Waals surface area contributed by atoms with Crippen molar-refractivity contribution in [3.8, 4) is 0 Å². The van der Waals surface area contributed by atoms with Crippen molar-refractivity contribution in [2.24, 2.45) is 16.8 Å². The predicted molar refractivity (Wildman–Crippen MR) is 86.1 cm³/mol. The lowest BCUT2D eigenvalue weighted by Crippen LogP contribution is -2.46. The molecule has 1 heterocycles. The van der Waals surface area contributed by atoms with Gasteiger partial charge in [-0.15, -0.1) is 0 Å². The van der Waals surface area contributed by atoms with Crippen LogP contribution >= 0.6 is 11.8 Å². The van der Waals surface area contributed by atoms with Crippen LogP contribution in [0.1, 0.15) is 46.5 Å². The third kappa shape index (κ3) is 4.40. The van der Waals surface area contributed by atoms with Crippen LogP contribution in [0.25, 0.3) is 0 Å². The summed E-state index contributed by atoms with van der Waals surface area (Å²) in [6.07, 6.45) is 5.07. The van der Waals surface area contributed by atoms with Crippen LogP contribution in [0.3, 0.4) is 0 Å². The lowest BCUT2D eigenvalue weighted by atomic mass is 9.78. The third-order valence-electron chi connectivity index (χ3n) is 4.16. The predicted octanol–water partition coefficient (Wildman–Crippen LogP) is 2.40. The van der Waals surface area contributed by atoms with Crippen molar-refractivity contribution >= 4 is 22.8 Å². The van der Waals surface area contributed by atoms with E-state index in [-0.39, 0.29) is 18.0 Å². The maximum Gasteiger partial charge on any atom is 0.241 e. The van der Waals surface area contributed by atoms with Gasteiger partial charge in [0, 0.05) is 17.8 Å². The smallest absolute Gasteiger partial charge is 0.241 e. The highest BCUT2D eigenvalue weighted by Gasteiger charge is 2.39. The number of hydrogen-bond donors (Lipinski definition) is 2. The molecular weight excluding hydrogens is 270 g/mol. The highest BCUT2D eigenvalue weighted by molar-refractivity contribution is 8.14. The molecule has 0 radical (unpaired) electrons. The summed E-state index contributed by atoms with van der Waals surface area (Å²) in [7, 11) is 0. The second kappa shape index (κ2) is 6.83. The fourth-order valence-electron chi connectivity index (χ4n) is 2.69. The van der Waals surface area contributed by atoms with Crippen LogP contribution in [-0.2, 0) is 4.79 Å². The number of amidine groups is 1. The molecule has 2 N–H and O–H groups in total. The van der Waals surface area contributed by atoms with Crippen LogP contribution in [0.2, 0.25) is 0 Å². The van der Waals surface area contributed by atoms with Crippen LogP contribution in [0.5, 0.6) is 0 Å². The second-order valence-corrected chi connectivity index (χ2v) is 7.66. The molecule has 0 aromatic heterocycles. The van der Waals surface area contributed by atoms with E-state index in [1.165, 1.54) is 25.7 Å². The molecule has 1 saturated carbocycles. The molecule has 0 atom stereocenters. The zero-order chi connectivity index (χ0) is 14.6. The maximum absolute atomic E-state index is 11.7. The summed E-state index contributed by atoms with van der Waals surface area (Å²) in [6.45, 7) is 7.49. The van der Waals surface area contributed by atoms with E-state index in [1.54, 1.807) is 11.8 Å². The molecule has 2 rings (SSSR count). The average molecular weight is 297 g/mol. The molecule has 2 fully saturated rings. The second-order valence-electron chi connectivity index (χ2n) is 6.70. The highest BCUT2D eigenvalue weighted by Crippen LogP contribution is 2.38. The van der Waals surface area contributed by atoms with E-state index < -0.39 is 0 Å². The van der Waals surface area contributed by atoms with E-state index in [0.29, 0.717) is 5.92 Å². The van der Waals surface area contributed by atoms with E-state index in [9.17, 15) is 4.79 Å². The van der Waals surface area contributed by atoms with Gasteiger partial charge in [0.25, 0.3) is 0 Å². The number of amides is 1. The van der Waals surface area contributed by atoms with Gasteiger partial charge < -0.3 is 10.6 Å². The summed E-state index contributed by atoms with van der Waals surface area (Å²) in [5.41, 5.74) is 0.254. The SMILES string of the molecule is CC(C)CNC(=O)CN=C1NC2(CCC(C)CC2)CS1. The van der Waals surface area contributed by atoms with Crippen LogP contribution in [0.15, 0.2) is 4.99 Å². The van der Waals surface area contributed by atoms with Crippen molar-refractivity contribution in [1.82, 2.24) is 10.6 Å². The molecule has 20 heavy (non-hydrogen) atoms. The Bertz CT molecular complexity index is 373. The summed E-state index contributed by atoms with van der Waals surface area (Å²) in [5, 5.41) is 7.44. The summed E-state index contributed by atoms with van der Waals surface area (Å²) in [6, 6.07) is 0. The molecule has 0 bridgehead atoms. The minimum absolute atomic E-state index is 0.0202. The van der Waals surface area contributed by atoms with Gasteiger partial charge in [-0.2, -0.15) is 0 Å². The average Bonchev–Trinajstić information content (AvgIpc) is 2.81. The van der Waals surface area contributed by atoms with Crippen molar-refractivity contribution in [2.75, 3.05) is 18.8 Å². The van der Waals surface area contributed by atoms with E-state index in [4.69, 9.17) is 0 Å². The van der Waals surface area contributed by atoms with Gasteiger partial charge in [-0.25, -0.2) is 0 Å². The van der Waals surface area contributed by atoms with Gasteiger partial charge in [-0.1, -0.05) is 32.5 Å². The molecule has 0 aromatic carbocycles. The van der Waals surface area contributed by atoms with Crippen LogP contribution in [-0.4, -0.2) is 35.5 Å². The Kier molecular flexibility index (Phi) is 5.35. The number of aliphatic imine (C=N–C) groups is 1. The molecule has 2 aliphatic rings. The fourth-order valence-corrected chi connectivity index (χ4v) is 3.91. The van der Waals surface area contributed by atoms with Gasteiger partial charge in [0.1, 0.15) is 6.54 Å². The number of hydrogen-bond acceptors (Lipinski definition) is 3. The molecule has 5 heteroatoms. The minimum Gasteiger partial charge on any atom is -0.359 e. The zero-order valence-corrected chi connectivity index (χ0v) is 13.7. The zero-order valence-electron chi connectivity index (χ0n) is 12.9. The number of rotatable bonds is 4. The number of thioether (sulfide) groups is 1. The molecule has 0 unspecified atom stereocenters. The van der Waals surface area contributed by atoms with E-state index in [1.807, 2.05) is 0 Å². The van der Waals surface area contributed by atoms with E-state index in [0.717, 1.165) is 23.4 Å². The Balaban J connectivity index is 1.77. The van der Waals surface area contributed by atoms with Gasteiger partial charge in [-0.05, 0) is 37.5 Å². The first-order valence-corrected chi connectivity index (χ1v) is 8.70. The lowest BCUT2D eigenvalue weighted by Gasteiger charge is -2.35. The standard InChI is InChI=1S/C15H27N3OS/c1-11(2)8-16-13(19)9-17-14-18-15(10-20-14)6-4-12(3)5-7-15/h11-12H,4-10H2,1-3H3,(H,16,19)(H,17,18). The number of nitrogens with one attached hydrogen (secondary N) is 2. The highest BCUT2D eigenvalue weighted by atomic mass is 32.2. The molecular formula is C15H27N3OS. The third-order valence-corrected chi connectivity index (χ3v) is 5.36. The van der Waals surface area contributed by atoms with Crippen LogP contribution in [0.4, 0.5) is 0 Å². The van der Waals surface area contributed by atoms with Gasteiger partial charge in [0.15, 0.2) is 5.17 Å². The first-order valence-electron chi connectivity index (χ1n) is 7.71. The maximum atomic E-state index is 11.7. The summed E-state index contributed by atoms with van der Waals surface area (Å²) < 4.78 is 0. The monoisotopic (exact) mass is 297 g/mol. The summed E-state index contributed by atoms with van der Waals surface area (Å²) in [4.78, 5) is 16.1. The fraction of sp³-hybridized carbons (Fsp3) is 0.867. The van der Waals surface area contributed by atoms with Gasteiger partial charge in [0.05, 0.1) is 0 Å². The molecule has 4 nitrogen and oxygen atoms in total. The van der Waals surface area contributed by atoms with Crippen molar-refractivity contribution in [2.45, 2.75) is 52.0 Å². The molecule has 1 saturated heterocycles. The minimum atomic E-state index is 0.0202. The normalized spacial score (nSPS) is 31.8.